The Morgan fingerprint density at radius 1 is 1.14 bits per heavy atom. The van der Waals surface area contributed by atoms with Crippen LogP contribution < -0.4 is 9.47 Å². The number of amides is 1. The first-order valence-electron chi connectivity index (χ1n) is 11.4. The van der Waals surface area contributed by atoms with Crippen molar-refractivity contribution < 1.29 is 28.6 Å². The number of nitrogens with zero attached hydrogens (tertiary/aromatic N) is 2. The highest BCUT2D eigenvalue weighted by atomic mass is 35.5. The predicted molar refractivity (Wildman–Crippen MR) is 138 cm³/mol. The molecule has 0 radical (unpaired) electrons. The summed E-state index contributed by atoms with van der Waals surface area (Å²) in [6.07, 6.45) is 1.76. The molecule has 0 saturated carbocycles. The minimum Gasteiger partial charge on any atom is -0.497 e. The second kappa shape index (κ2) is 14.1. The zero-order chi connectivity index (χ0) is 26.7. The summed E-state index contributed by atoms with van der Waals surface area (Å²) in [5.74, 6) is 0.749. The minimum absolute atomic E-state index is 0.107. The molecule has 0 bridgehead atoms. The van der Waals surface area contributed by atoms with E-state index in [1.165, 1.54) is 20.3 Å². The average molecular weight is 539 g/mol. The Labute approximate surface area is 222 Å². The number of methoxy groups -OCH3 is 2. The summed E-state index contributed by atoms with van der Waals surface area (Å²) in [4.78, 5) is 38.3. The van der Waals surface area contributed by atoms with Gasteiger partial charge in [0, 0.05) is 37.1 Å². The van der Waals surface area contributed by atoms with Crippen molar-refractivity contribution >= 4 is 41.6 Å². The first-order chi connectivity index (χ1) is 17.1. The highest BCUT2D eigenvalue weighted by molar-refractivity contribution is 6.32. The van der Waals surface area contributed by atoms with Crippen LogP contribution in [0.5, 0.6) is 11.5 Å². The van der Waals surface area contributed by atoms with Crippen molar-refractivity contribution in [3.8, 4) is 11.5 Å². The lowest BCUT2D eigenvalue weighted by molar-refractivity contribution is -0.152. The van der Waals surface area contributed by atoms with Gasteiger partial charge in [0.2, 0.25) is 5.91 Å². The molecule has 8 nitrogen and oxygen atoms in total. The molecular weight excluding hydrogens is 507 g/mol. The van der Waals surface area contributed by atoms with Crippen LogP contribution in [0.4, 0.5) is 0 Å². The lowest BCUT2D eigenvalue weighted by Gasteiger charge is -2.49. The smallest absolute Gasteiger partial charge is 0.305 e. The number of likely N-dealkylation sites (N-methyl/N-ethyl adjacent to an activating group) is 1. The fourth-order valence-electron chi connectivity index (χ4n) is 3.61. The fraction of sp³-hybridized carbons (Fsp3) is 0.423. The van der Waals surface area contributed by atoms with Gasteiger partial charge in [-0.05, 0) is 56.6 Å². The van der Waals surface area contributed by atoms with E-state index >= 15 is 0 Å². The molecule has 1 unspecified atom stereocenters. The Bertz CT molecular complexity index is 1030. The largest absolute Gasteiger partial charge is 0.497 e. The summed E-state index contributed by atoms with van der Waals surface area (Å²) in [6.45, 7) is 4.27. The second-order valence-electron chi connectivity index (χ2n) is 8.49. The Kier molecular flexibility index (Phi) is 11.5. The van der Waals surface area contributed by atoms with Crippen LogP contribution in [0.1, 0.15) is 31.7 Å². The van der Waals surface area contributed by atoms with Crippen LogP contribution in [0.3, 0.4) is 0 Å². The molecule has 3 rings (SSSR count). The van der Waals surface area contributed by atoms with Gasteiger partial charge in [0.25, 0.3) is 6.47 Å². The molecule has 2 aromatic rings. The van der Waals surface area contributed by atoms with Crippen molar-refractivity contribution in [2.24, 2.45) is 0 Å². The lowest BCUT2D eigenvalue weighted by Crippen LogP contribution is -2.64. The second-order valence-corrected chi connectivity index (χ2v) is 9.33. The quantitative estimate of drug-likeness (QED) is 0.322. The zero-order valence-electron chi connectivity index (χ0n) is 21.0. The van der Waals surface area contributed by atoms with Crippen molar-refractivity contribution in [3.05, 3.63) is 58.1 Å². The number of likely N-dealkylation sites (tertiary alicyclic amines) is 1. The number of hydrogen-bond acceptors (Lipinski definition) is 7. The SMILES string of the molecule is COC(=O)CCCN(Cc1ccc(Cl)cc1)C(=O)C1(C)CCN1C.COc1ccc(Cl)c(OC=O)c1. The molecule has 1 aliphatic rings. The number of carbonyl (C=O) groups excluding carboxylic acids is 3. The van der Waals surface area contributed by atoms with Gasteiger partial charge in [-0.1, -0.05) is 35.3 Å². The molecule has 1 amide bonds. The van der Waals surface area contributed by atoms with Gasteiger partial charge >= 0.3 is 5.97 Å². The van der Waals surface area contributed by atoms with Gasteiger partial charge in [-0.3, -0.25) is 19.3 Å². The van der Waals surface area contributed by atoms with Gasteiger partial charge in [0.15, 0.2) is 5.75 Å². The van der Waals surface area contributed by atoms with Crippen LogP contribution in [0.25, 0.3) is 0 Å². The van der Waals surface area contributed by atoms with Gasteiger partial charge in [-0.15, -0.1) is 0 Å². The number of esters is 1. The van der Waals surface area contributed by atoms with Crippen LogP contribution in [-0.2, 0) is 25.7 Å². The molecule has 1 saturated heterocycles. The molecule has 196 valence electrons. The molecule has 0 spiro atoms. The van der Waals surface area contributed by atoms with E-state index in [1.807, 2.05) is 43.1 Å². The van der Waals surface area contributed by atoms with Crippen molar-refractivity contribution in [1.29, 1.82) is 0 Å². The first kappa shape index (κ1) is 29.4. The topological polar surface area (TPSA) is 85.4 Å². The molecule has 36 heavy (non-hydrogen) atoms. The summed E-state index contributed by atoms with van der Waals surface area (Å²) in [5, 5.41) is 1.05. The highest BCUT2D eigenvalue weighted by Gasteiger charge is 2.46. The number of rotatable bonds is 10. The molecule has 0 aliphatic carbocycles. The minimum atomic E-state index is -0.447. The Morgan fingerprint density at radius 2 is 1.83 bits per heavy atom. The Hall–Kier alpha value is -2.81. The van der Waals surface area contributed by atoms with Crippen molar-refractivity contribution in [3.63, 3.8) is 0 Å². The van der Waals surface area contributed by atoms with Gasteiger partial charge in [-0.25, -0.2) is 0 Å². The van der Waals surface area contributed by atoms with E-state index in [0.29, 0.717) is 53.9 Å². The maximum absolute atomic E-state index is 13.0. The zero-order valence-corrected chi connectivity index (χ0v) is 22.5. The van der Waals surface area contributed by atoms with Crippen LogP contribution >= 0.6 is 23.2 Å². The first-order valence-corrected chi connectivity index (χ1v) is 12.2. The standard InChI is InChI=1S/C18H25ClN2O3.C8H7ClO3/c1-18(10-12-20(18)2)17(23)21(11-4-5-16(22)24-3)13-14-6-8-15(19)9-7-14;1-11-6-2-3-7(9)8(4-6)12-5-10/h6-9H,4-5,10-13H2,1-3H3;2-5H,1H3. The summed E-state index contributed by atoms with van der Waals surface area (Å²) in [5.41, 5.74) is 0.578. The van der Waals surface area contributed by atoms with E-state index < -0.39 is 5.54 Å². The van der Waals surface area contributed by atoms with E-state index in [2.05, 4.69) is 14.4 Å². The highest BCUT2D eigenvalue weighted by Crippen LogP contribution is 2.31. The summed E-state index contributed by atoms with van der Waals surface area (Å²) < 4.78 is 14.2. The molecule has 1 fully saturated rings. The molecule has 1 aliphatic heterocycles. The Morgan fingerprint density at radius 3 is 2.36 bits per heavy atom. The predicted octanol–water partition coefficient (Wildman–Crippen LogP) is 4.60. The van der Waals surface area contributed by atoms with Crippen molar-refractivity contribution in [2.75, 3.05) is 34.4 Å². The third-order valence-corrected chi connectivity index (χ3v) is 6.73. The number of hydrogen-bond donors (Lipinski definition) is 0. The van der Waals surface area contributed by atoms with Crippen molar-refractivity contribution in [2.45, 2.75) is 38.3 Å². The van der Waals surface area contributed by atoms with Crippen LogP contribution in [0, 0.1) is 0 Å². The summed E-state index contributed by atoms with van der Waals surface area (Å²) >= 11 is 11.6. The van der Waals surface area contributed by atoms with E-state index in [1.54, 1.807) is 12.1 Å². The average Bonchev–Trinajstić information content (AvgIpc) is 2.89. The fourth-order valence-corrected chi connectivity index (χ4v) is 3.90. The van der Waals surface area contributed by atoms with Gasteiger partial charge < -0.3 is 19.1 Å². The van der Waals surface area contributed by atoms with Crippen LogP contribution in [-0.4, -0.2) is 68.0 Å². The summed E-state index contributed by atoms with van der Waals surface area (Å²) in [6, 6.07) is 12.3. The van der Waals surface area contributed by atoms with Crippen LogP contribution in [0.15, 0.2) is 42.5 Å². The summed E-state index contributed by atoms with van der Waals surface area (Å²) in [7, 11) is 4.87. The Balaban J connectivity index is 0.000000319. The van der Waals surface area contributed by atoms with Gasteiger partial charge in [-0.2, -0.15) is 0 Å². The van der Waals surface area contributed by atoms with Gasteiger partial charge in [0.05, 0.1) is 24.8 Å². The van der Waals surface area contributed by atoms with E-state index in [-0.39, 0.29) is 11.9 Å². The molecule has 1 atom stereocenters. The molecule has 0 aromatic heterocycles. The van der Waals surface area contributed by atoms with Gasteiger partial charge in [0.1, 0.15) is 5.75 Å². The maximum Gasteiger partial charge on any atom is 0.305 e. The van der Waals surface area contributed by atoms with E-state index in [9.17, 15) is 14.4 Å². The van der Waals surface area contributed by atoms with E-state index in [0.717, 1.165) is 18.5 Å². The molecule has 0 N–H and O–H groups in total. The van der Waals surface area contributed by atoms with E-state index in [4.69, 9.17) is 27.9 Å². The molecular formula is C26H32Cl2N2O6. The molecule has 10 heteroatoms. The number of benzene rings is 2. The monoisotopic (exact) mass is 538 g/mol. The van der Waals surface area contributed by atoms with Crippen molar-refractivity contribution in [1.82, 2.24) is 9.80 Å². The number of ether oxygens (including phenoxy) is 3. The third-order valence-electron chi connectivity index (χ3n) is 6.16. The number of halogens is 2. The normalized spacial score (nSPS) is 16.6. The third kappa shape index (κ3) is 8.11. The number of carbonyl (C=O) groups is 3. The lowest BCUT2D eigenvalue weighted by atomic mass is 9.85. The molecule has 1 heterocycles. The maximum atomic E-state index is 13.0. The molecule has 2 aromatic carbocycles. The van der Waals surface area contributed by atoms with Crippen LogP contribution in [0.2, 0.25) is 10.0 Å².